The Kier molecular flexibility index (Phi) is 5.67. The van der Waals surface area contributed by atoms with Gasteiger partial charge in [-0.05, 0) is 42.2 Å². The van der Waals surface area contributed by atoms with E-state index in [2.05, 4.69) is 0 Å². The van der Waals surface area contributed by atoms with E-state index in [1.165, 1.54) is 25.3 Å². The van der Waals surface area contributed by atoms with Gasteiger partial charge in [0.1, 0.15) is 11.6 Å². The van der Waals surface area contributed by atoms with E-state index in [1.54, 1.807) is 18.2 Å². The second-order valence-electron chi connectivity index (χ2n) is 6.51. The SMILES string of the molecule is COC1=CCC(F)=C(CCCN2C(=O)Cc3cc([N+](=O)[O-])ccc3C2=O)C=C1. The standard InChI is InChI=1S/C20H19FN2O5/c1-28-16-6-4-13(18(21)9-7-16)3-2-10-22-19(24)12-14-11-15(23(26)27)5-8-17(14)20(22)25/h4-8,11H,2-3,9-10,12H2,1H3. The highest BCUT2D eigenvalue weighted by Crippen LogP contribution is 2.26. The van der Waals surface area contributed by atoms with Gasteiger partial charge in [0.2, 0.25) is 5.91 Å². The molecule has 146 valence electrons. The quantitative estimate of drug-likeness (QED) is 0.423. The van der Waals surface area contributed by atoms with Crippen LogP contribution in [0.3, 0.4) is 0 Å². The lowest BCUT2D eigenvalue weighted by atomic mass is 9.97. The summed E-state index contributed by atoms with van der Waals surface area (Å²) in [5, 5.41) is 10.9. The molecule has 8 heteroatoms. The fourth-order valence-electron chi connectivity index (χ4n) is 3.25. The predicted molar refractivity (Wildman–Crippen MR) is 99.1 cm³/mol. The summed E-state index contributed by atoms with van der Waals surface area (Å²) in [7, 11) is 1.51. The second-order valence-corrected chi connectivity index (χ2v) is 6.51. The summed E-state index contributed by atoms with van der Waals surface area (Å²) in [6, 6.07) is 3.89. The molecule has 0 atom stereocenters. The number of ether oxygens (including phenoxy) is 1. The molecule has 1 aromatic carbocycles. The van der Waals surface area contributed by atoms with Crippen molar-refractivity contribution in [1.82, 2.24) is 4.90 Å². The lowest BCUT2D eigenvalue weighted by Crippen LogP contribution is -2.42. The number of non-ortho nitro benzene ring substituents is 1. The Morgan fingerprint density at radius 1 is 1.29 bits per heavy atom. The number of benzene rings is 1. The van der Waals surface area contributed by atoms with Crippen LogP contribution < -0.4 is 0 Å². The number of carbonyl (C=O) groups excluding carboxylic acids is 2. The molecule has 1 aromatic rings. The van der Waals surface area contributed by atoms with Crippen LogP contribution in [0.5, 0.6) is 0 Å². The van der Waals surface area contributed by atoms with Crippen LogP contribution in [-0.4, -0.2) is 35.3 Å². The van der Waals surface area contributed by atoms with Gasteiger partial charge in [0.25, 0.3) is 11.6 Å². The van der Waals surface area contributed by atoms with Crippen LogP contribution in [0.15, 0.2) is 53.6 Å². The molecule has 2 amide bonds. The first-order valence-corrected chi connectivity index (χ1v) is 8.82. The maximum atomic E-state index is 14.2. The zero-order chi connectivity index (χ0) is 20.3. The molecule has 0 fully saturated rings. The molecule has 2 aliphatic rings. The number of fused-ring (bicyclic) bond motifs is 1. The molecule has 3 rings (SSSR count). The summed E-state index contributed by atoms with van der Waals surface area (Å²) < 4.78 is 19.3. The van der Waals surface area contributed by atoms with E-state index in [1.807, 2.05) is 0 Å². The van der Waals surface area contributed by atoms with Crippen molar-refractivity contribution in [2.45, 2.75) is 25.7 Å². The van der Waals surface area contributed by atoms with E-state index in [0.29, 0.717) is 35.3 Å². The molecule has 1 aliphatic heterocycles. The fraction of sp³-hybridized carbons (Fsp3) is 0.300. The van der Waals surface area contributed by atoms with Crippen LogP contribution in [0.25, 0.3) is 0 Å². The Bertz CT molecular complexity index is 933. The number of hydrogen-bond acceptors (Lipinski definition) is 5. The highest BCUT2D eigenvalue weighted by atomic mass is 19.1. The first-order chi connectivity index (χ1) is 13.4. The van der Waals surface area contributed by atoms with Gasteiger partial charge in [0, 0.05) is 30.7 Å². The summed E-state index contributed by atoms with van der Waals surface area (Å²) >= 11 is 0. The lowest BCUT2D eigenvalue weighted by Gasteiger charge is -2.26. The number of allylic oxidation sites excluding steroid dienone is 5. The van der Waals surface area contributed by atoms with E-state index in [9.17, 15) is 24.1 Å². The summed E-state index contributed by atoms with van der Waals surface area (Å²) in [5.74, 6) is -0.572. The number of amides is 2. The van der Waals surface area contributed by atoms with Crippen molar-refractivity contribution in [2.24, 2.45) is 0 Å². The molecule has 0 radical (unpaired) electrons. The van der Waals surface area contributed by atoms with Gasteiger partial charge < -0.3 is 4.74 Å². The van der Waals surface area contributed by atoms with E-state index in [0.717, 1.165) is 4.90 Å². The Morgan fingerprint density at radius 3 is 2.79 bits per heavy atom. The number of nitro benzene ring substituents is 1. The molecule has 0 aromatic heterocycles. The van der Waals surface area contributed by atoms with Crippen molar-refractivity contribution in [3.8, 4) is 0 Å². The van der Waals surface area contributed by atoms with Crippen molar-refractivity contribution >= 4 is 17.5 Å². The molecule has 0 saturated heterocycles. The zero-order valence-electron chi connectivity index (χ0n) is 15.3. The fourth-order valence-corrected chi connectivity index (χ4v) is 3.25. The molecular formula is C20H19FN2O5. The third-order valence-corrected chi connectivity index (χ3v) is 4.76. The Balaban J connectivity index is 1.66. The van der Waals surface area contributed by atoms with Crippen LogP contribution in [-0.2, 0) is 16.0 Å². The zero-order valence-corrected chi connectivity index (χ0v) is 15.3. The number of halogens is 1. The third-order valence-electron chi connectivity index (χ3n) is 4.76. The molecule has 0 unspecified atom stereocenters. The van der Waals surface area contributed by atoms with Crippen LogP contribution in [0.1, 0.15) is 35.2 Å². The average Bonchev–Trinajstić information content (AvgIpc) is 2.85. The molecular weight excluding hydrogens is 367 g/mol. The van der Waals surface area contributed by atoms with Gasteiger partial charge in [-0.3, -0.25) is 24.6 Å². The summed E-state index contributed by atoms with van der Waals surface area (Å²) in [5.41, 5.74) is 1.01. The van der Waals surface area contributed by atoms with Crippen LogP contribution in [0, 0.1) is 10.1 Å². The van der Waals surface area contributed by atoms with Crippen molar-refractivity contribution in [2.75, 3.05) is 13.7 Å². The Labute approximate surface area is 160 Å². The third kappa shape index (κ3) is 4.00. The maximum Gasteiger partial charge on any atom is 0.269 e. The van der Waals surface area contributed by atoms with E-state index < -0.39 is 16.7 Å². The highest BCUT2D eigenvalue weighted by Gasteiger charge is 2.31. The number of nitrogens with zero attached hydrogens (tertiary/aromatic N) is 2. The van der Waals surface area contributed by atoms with E-state index in [4.69, 9.17) is 4.74 Å². The van der Waals surface area contributed by atoms with Gasteiger partial charge in [0.15, 0.2) is 0 Å². The number of imide groups is 1. The molecule has 1 aliphatic carbocycles. The number of carbonyl (C=O) groups is 2. The second kappa shape index (κ2) is 8.16. The normalized spacial score (nSPS) is 16.6. The number of hydrogen-bond donors (Lipinski definition) is 0. The summed E-state index contributed by atoms with van der Waals surface area (Å²) in [6.45, 7) is 0.156. The van der Waals surface area contributed by atoms with Crippen LogP contribution in [0.2, 0.25) is 0 Å². The highest BCUT2D eigenvalue weighted by molar-refractivity contribution is 6.09. The first kappa shape index (κ1) is 19.5. The molecule has 0 spiro atoms. The van der Waals surface area contributed by atoms with E-state index in [-0.39, 0.29) is 30.9 Å². The molecule has 0 saturated carbocycles. The van der Waals surface area contributed by atoms with Gasteiger partial charge in [-0.1, -0.05) is 6.08 Å². The minimum Gasteiger partial charge on any atom is -0.497 e. The van der Waals surface area contributed by atoms with Gasteiger partial charge >= 0.3 is 0 Å². The first-order valence-electron chi connectivity index (χ1n) is 8.82. The monoisotopic (exact) mass is 386 g/mol. The summed E-state index contributed by atoms with van der Waals surface area (Å²) in [6.07, 6.45) is 5.83. The van der Waals surface area contributed by atoms with Gasteiger partial charge in [-0.25, -0.2) is 4.39 Å². The van der Waals surface area contributed by atoms with Crippen LogP contribution in [0.4, 0.5) is 10.1 Å². The maximum absolute atomic E-state index is 14.2. The number of methoxy groups -OCH3 is 1. The summed E-state index contributed by atoms with van der Waals surface area (Å²) in [4.78, 5) is 36.4. The topological polar surface area (TPSA) is 89.8 Å². The molecule has 1 heterocycles. The van der Waals surface area contributed by atoms with Gasteiger partial charge in [0.05, 0.1) is 18.5 Å². The minimum atomic E-state index is -0.562. The molecule has 0 bridgehead atoms. The minimum absolute atomic E-state index is 0.0686. The van der Waals surface area contributed by atoms with Crippen molar-refractivity contribution in [1.29, 1.82) is 0 Å². The molecule has 0 N–H and O–H groups in total. The Hall–Kier alpha value is -3.29. The van der Waals surface area contributed by atoms with Crippen molar-refractivity contribution in [3.05, 3.63) is 74.8 Å². The van der Waals surface area contributed by atoms with Crippen molar-refractivity contribution in [3.63, 3.8) is 0 Å². The Morgan fingerprint density at radius 2 is 2.07 bits per heavy atom. The lowest BCUT2D eigenvalue weighted by molar-refractivity contribution is -0.384. The molecule has 28 heavy (non-hydrogen) atoms. The number of nitro groups is 1. The predicted octanol–water partition coefficient (Wildman–Crippen LogP) is 3.61. The smallest absolute Gasteiger partial charge is 0.269 e. The van der Waals surface area contributed by atoms with Crippen molar-refractivity contribution < 1.29 is 23.6 Å². The average molecular weight is 386 g/mol. The van der Waals surface area contributed by atoms with Gasteiger partial charge in [-0.2, -0.15) is 0 Å². The largest absolute Gasteiger partial charge is 0.497 e. The van der Waals surface area contributed by atoms with Gasteiger partial charge in [-0.15, -0.1) is 0 Å². The molecule has 7 nitrogen and oxygen atoms in total. The number of rotatable bonds is 6. The van der Waals surface area contributed by atoms with E-state index >= 15 is 0 Å². The van der Waals surface area contributed by atoms with Crippen LogP contribution >= 0.6 is 0 Å².